The van der Waals surface area contributed by atoms with Crippen LogP contribution < -0.4 is 62.9 Å². The predicted molar refractivity (Wildman–Crippen MR) is 402 cm³/mol. The standard InChI is InChI=1S/C22H29N3O.C22H28N2O2.C22H27NO3.C21H27NO2.CN.ClH.K/c1-15-2-5-17-11-19-22(26)7-6-20(24,14-23)13-21(22,18(17)10-15)8-9-25(19)12-16-3-4-16;1-14-2-5-16-11-18-22-7-6-21(23,19(25)26-22)13-20(22,17(16)10-14)8-9-24(18)12-15-3-4-15;1-14-2-5-16-11-18-22-7-6-21(25,19(24)26-22)13-20(22,17(16)10-14)8-9-23(18)12-15-3-4-15;1-14-2-5-16-11-19-21(24)7-6-17(23)12-20(21,18(16)10-14)8-9-22(19)13-15-3-4-15;1-2;;/h2,5,10,16,19,26H,3-4,6-9,11-13,24H2,1H3;2,5,10,15,18H,3-4,6-9,11-13,23H2,1H3;2,5,10,15,18,25H,3-4,6-9,11-13H2,1H3;2,5,10,15,19,24H,3-4,6-9,11-13H2,1H3;;1H;/q;;;;-1;;+1/t19-,20+,21-,22-;2*18-,20-,21+,22-;19-,20-,21-;;;/m1111.../s1. The molecule has 0 radical (unpaired) electrons. The van der Waals surface area contributed by atoms with Crippen LogP contribution in [0.25, 0.3) is 0 Å². The van der Waals surface area contributed by atoms with Gasteiger partial charge in [-0.05, 0) is 283 Å². The molecule has 16 fully saturated rings. The van der Waals surface area contributed by atoms with Crippen molar-refractivity contribution in [3.05, 3.63) is 146 Å². The number of aliphatic hydroxyl groups is 3. The minimum atomic E-state index is -1.29. The summed E-state index contributed by atoms with van der Waals surface area (Å²) in [7, 11) is 0. The van der Waals surface area contributed by atoms with Crippen LogP contribution >= 0.6 is 12.4 Å². The number of hydrogen-bond donors (Lipinski definition) is 5. The quantitative estimate of drug-likeness (QED) is 0.0647. The van der Waals surface area contributed by atoms with E-state index in [1.54, 1.807) is 0 Å². The van der Waals surface area contributed by atoms with Gasteiger partial charge in [-0.1, -0.05) is 95.1 Å². The number of hydrogen-bond acceptors (Lipinski definition) is 16. The van der Waals surface area contributed by atoms with Crippen molar-refractivity contribution in [1.29, 1.82) is 10.5 Å². The fraction of sp³-hybridized carbons (Fsp3) is 0.670. The third kappa shape index (κ3) is 11.6. The summed E-state index contributed by atoms with van der Waals surface area (Å²) in [5.41, 5.74) is 22.8. The van der Waals surface area contributed by atoms with E-state index in [-0.39, 0.29) is 121 Å². The predicted octanol–water partition coefficient (Wildman–Crippen LogP) is 7.62. The second kappa shape index (κ2) is 26.9. The molecule has 560 valence electrons. The molecule has 0 amide bonds. The molecule has 0 unspecified atom stereocenters. The molecule has 106 heavy (non-hydrogen) atoms. The summed E-state index contributed by atoms with van der Waals surface area (Å²) in [4.78, 5) is 48.3. The summed E-state index contributed by atoms with van der Waals surface area (Å²) in [6.07, 6.45) is 26.4. The molecule has 4 aromatic rings. The molecule has 24 rings (SSSR count). The van der Waals surface area contributed by atoms with E-state index in [2.05, 4.69) is 126 Å². The zero-order valence-electron chi connectivity index (χ0n) is 63.6. The number of aryl methyl sites for hydroxylation is 4. The Bertz CT molecular complexity index is 4130. The number of nitriles is 1. The van der Waals surface area contributed by atoms with E-state index in [0.717, 1.165) is 147 Å². The molecule has 2 spiro atoms. The Kier molecular flexibility index (Phi) is 19.3. The minimum absolute atomic E-state index is 0. The molecule has 16 nitrogen and oxygen atoms in total. The average Bonchev–Trinajstić information content (AvgIpc) is 1.33. The Balaban J connectivity index is 0.000000107. The van der Waals surface area contributed by atoms with Gasteiger partial charge in [-0.2, -0.15) is 5.26 Å². The van der Waals surface area contributed by atoms with Crippen LogP contribution in [0.4, 0.5) is 0 Å². The van der Waals surface area contributed by atoms with Gasteiger partial charge in [-0.15, -0.1) is 12.4 Å². The number of Topliss-reactive ketones (excluding diaryl/α,β-unsaturated/α-hetero) is 1. The van der Waals surface area contributed by atoms with Crippen LogP contribution in [0.15, 0.2) is 72.8 Å². The van der Waals surface area contributed by atoms with Crippen molar-refractivity contribution in [3.8, 4) is 6.07 Å². The average molecular weight is 1480 g/mol. The van der Waals surface area contributed by atoms with Crippen molar-refractivity contribution in [1.82, 2.24) is 19.6 Å². The molecule has 12 bridgehead atoms. The molecule has 4 aromatic carbocycles. The van der Waals surface area contributed by atoms with E-state index in [4.69, 9.17) is 32.8 Å². The van der Waals surface area contributed by atoms with Crippen molar-refractivity contribution in [2.24, 2.45) is 35.1 Å². The van der Waals surface area contributed by atoms with Crippen molar-refractivity contribution in [2.75, 3.05) is 52.4 Å². The Hall–Kier alpha value is -3.96. The van der Waals surface area contributed by atoms with Crippen LogP contribution in [0, 0.1) is 74.5 Å². The number of carbonyl (C=O) groups is 3. The summed E-state index contributed by atoms with van der Waals surface area (Å²) in [6.45, 7) is 22.1. The molecule has 20 aliphatic rings. The molecule has 7 N–H and O–H groups in total. The second-order valence-corrected chi connectivity index (χ2v) is 37.7. The van der Waals surface area contributed by atoms with Crippen molar-refractivity contribution >= 4 is 30.1 Å². The molecule has 8 saturated carbocycles. The maximum atomic E-state index is 12.8. The van der Waals surface area contributed by atoms with Crippen LogP contribution in [-0.4, -0.2) is 168 Å². The maximum Gasteiger partial charge on any atom is 1.00 e. The zero-order valence-corrected chi connectivity index (χ0v) is 67.6. The minimum Gasteiger partial charge on any atom is -0.512 e. The smallest absolute Gasteiger partial charge is 0.512 e. The van der Waals surface area contributed by atoms with E-state index in [0.29, 0.717) is 63.2 Å². The molecular weight excluding hydrogens is 1370 g/mol. The van der Waals surface area contributed by atoms with E-state index in [1.165, 1.54) is 125 Å². The molecule has 15 atom stereocenters. The normalized spacial score (nSPS) is 40.4. The van der Waals surface area contributed by atoms with Crippen LogP contribution in [0.1, 0.15) is 221 Å². The number of nitrogens with zero attached hydrogens (tertiary/aromatic N) is 6. The van der Waals surface area contributed by atoms with Crippen LogP contribution in [0.5, 0.6) is 0 Å². The monoisotopic (exact) mass is 1480 g/mol. The van der Waals surface area contributed by atoms with Gasteiger partial charge in [0.25, 0.3) is 0 Å². The molecule has 12 aliphatic carbocycles. The third-order valence-electron chi connectivity index (χ3n) is 31.5. The van der Waals surface area contributed by atoms with Crippen molar-refractivity contribution < 1.29 is 90.6 Å². The van der Waals surface area contributed by atoms with Gasteiger partial charge < -0.3 is 48.1 Å². The fourth-order valence-electron chi connectivity index (χ4n) is 25.6. The number of piperidine rings is 4. The van der Waals surface area contributed by atoms with Crippen molar-refractivity contribution in [2.45, 2.75) is 292 Å². The maximum absolute atomic E-state index is 12.8. The first-order chi connectivity index (χ1) is 49.8. The summed E-state index contributed by atoms with van der Waals surface area (Å²) in [5, 5.41) is 51.1. The first-order valence-corrected chi connectivity index (χ1v) is 40.6. The zero-order chi connectivity index (χ0) is 72.2. The number of halogens is 1. The van der Waals surface area contributed by atoms with Gasteiger partial charge >= 0.3 is 63.3 Å². The topological polar surface area (TPSA) is 243 Å². The van der Waals surface area contributed by atoms with Gasteiger partial charge in [0.05, 0.1) is 29.4 Å². The first-order valence-electron chi connectivity index (χ1n) is 40.6. The van der Waals surface area contributed by atoms with Gasteiger partial charge in [0.15, 0.2) is 5.60 Å². The van der Waals surface area contributed by atoms with Gasteiger partial charge in [0, 0.05) is 79.2 Å². The van der Waals surface area contributed by atoms with Crippen LogP contribution in [0.2, 0.25) is 0 Å². The van der Waals surface area contributed by atoms with E-state index < -0.39 is 33.5 Å². The number of benzene rings is 4. The first kappa shape index (κ1) is 76.0. The van der Waals surface area contributed by atoms with Crippen molar-refractivity contribution in [3.63, 3.8) is 0 Å². The Labute approximate surface area is 677 Å². The van der Waals surface area contributed by atoms with Gasteiger partial charge in [-0.3, -0.25) is 29.2 Å². The molecular formula is C88H112ClKN8O8. The summed E-state index contributed by atoms with van der Waals surface area (Å²) < 4.78 is 12.6. The van der Waals surface area contributed by atoms with Crippen LogP contribution in [0.3, 0.4) is 0 Å². The number of carbonyl (C=O) groups excluding carboxylic acids is 3. The number of rotatable bonds is 8. The largest absolute Gasteiger partial charge is 1.00 e. The number of fused-ring (bicyclic) bond motifs is 8. The number of ketones is 1. The molecule has 18 heteroatoms. The Morgan fingerprint density at radius 3 is 1.25 bits per heavy atom. The van der Waals surface area contributed by atoms with Gasteiger partial charge in [0.1, 0.15) is 28.1 Å². The van der Waals surface area contributed by atoms with E-state index in [1.807, 2.05) is 0 Å². The summed E-state index contributed by atoms with van der Waals surface area (Å²) in [6, 6.07) is 30.4. The molecule has 0 aromatic heterocycles. The van der Waals surface area contributed by atoms with Crippen LogP contribution in [-0.2, 0) is 71.2 Å². The number of likely N-dealkylation sites (tertiary alicyclic amines) is 4. The summed E-state index contributed by atoms with van der Waals surface area (Å²) >= 11 is 0. The third-order valence-corrected chi connectivity index (χ3v) is 31.5. The number of ether oxygens (including phenoxy) is 2. The molecule has 8 aliphatic heterocycles. The number of nitrogens with two attached hydrogens (primary N) is 2. The SMILES string of the molecule is Cc1ccc2c(c1)[C@]13CCN(CC4CC4)[C@H](C2)[C@]1(O)CCC(=O)C3.Cc1ccc2c(c1)[C@]13CCN(CC4CC4)[C@H](C2)[C@]1(O)CC[C@@](N)(C#N)C3.Cc1ccc2c(c1)[C@]13CCN(CC4CC4)[C@H](C2)[C@]12CC[C@](N)(C3)C(=O)O2.Cc1ccc2c(c1)[C@]13CCN(CC4CC4)[C@H](C2)[C@]12CC[C@](O)(C3)C(=O)O2.Cl.[C-]#N.[K+]. The summed E-state index contributed by atoms with van der Waals surface area (Å²) in [5.74, 6) is 3.17. The van der Waals surface area contributed by atoms with Gasteiger partial charge in [-0.25, -0.2) is 4.79 Å². The Morgan fingerprint density at radius 2 is 0.830 bits per heavy atom. The Morgan fingerprint density at radius 1 is 0.462 bits per heavy atom. The molecule has 8 saturated heterocycles. The number of esters is 2. The van der Waals surface area contributed by atoms with E-state index in [9.17, 15) is 35.0 Å². The second-order valence-electron chi connectivity index (χ2n) is 37.7. The van der Waals surface area contributed by atoms with Gasteiger partial charge in [0.2, 0.25) is 0 Å². The fourth-order valence-corrected chi connectivity index (χ4v) is 25.6. The van der Waals surface area contributed by atoms with E-state index >= 15 is 0 Å². The molecule has 8 heterocycles.